The summed E-state index contributed by atoms with van der Waals surface area (Å²) in [7, 11) is -2.19. The highest BCUT2D eigenvalue weighted by Gasteiger charge is 2.67. The summed E-state index contributed by atoms with van der Waals surface area (Å²) in [6.45, 7) is 0. The zero-order valence-corrected chi connectivity index (χ0v) is 8.09. The highest BCUT2D eigenvalue weighted by atomic mass is 32.2. The number of rotatable bonds is 2. The van der Waals surface area contributed by atoms with Gasteiger partial charge < -0.3 is 4.74 Å². The van der Waals surface area contributed by atoms with Gasteiger partial charge in [0.25, 0.3) is 0 Å². The Hall–Kier alpha value is -1.09. The Bertz CT molecular complexity index is 380. The van der Waals surface area contributed by atoms with E-state index in [2.05, 4.69) is 4.74 Å². The van der Waals surface area contributed by atoms with Crippen LogP contribution < -0.4 is 0 Å². The van der Waals surface area contributed by atoms with Gasteiger partial charge in [-0.25, -0.2) is 8.42 Å². The number of carbonyl (C=O) groups excluding carboxylic acids is 1. The Morgan fingerprint density at radius 1 is 1.69 bits per heavy atom. The molecule has 1 aliphatic rings. The minimum Gasteiger partial charge on any atom is -0.468 e. The normalized spacial score (nSPS) is 31.9. The molecule has 1 fully saturated rings. The van der Waals surface area contributed by atoms with E-state index in [1.54, 1.807) is 6.07 Å². The highest BCUT2D eigenvalue weighted by Crippen LogP contribution is 2.50. The second-order valence-electron chi connectivity index (χ2n) is 3.10. The molecule has 5 nitrogen and oxygen atoms in total. The first-order valence-corrected chi connectivity index (χ1v) is 5.52. The molecule has 6 heteroatoms. The number of hydrogen-bond acceptors (Lipinski definition) is 5. The average Bonchev–Trinajstić information content (AvgIpc) is 2.78. The molecule has 0 aromatic rings. The molecule has 0 aromatic heterocycles. The molecular formula is C7H9NO4S. The van der Waals surface area contributed by atoms with Crippen LogP contribution in [-0.2, 0) is 19.4 Å². The summed E-state index contributed by atoms with van der Waals surface area (Å²) < 4.78 is 26.4. The molecule has 13 heavy (non-hydrogen) atoms. The van der Waals surface area contributed by atoms with Gasteiger partial charge in [-0.15, -0.1) is 0 Å². The Balaban J connectivity index is 2.96. The zero-order chi connectivity index (χ0) is 10.3. The van der Waals surface area contributed by atoms with E-state index >= 15 is 0 Å². The quantitative estimate of drug-likeness (QED) is 0.564. The van der Waals surface area contributed by atoms with Crippen molar-refractivity contribution in [1.82, 2.24) is 0 Å². The molecule has 2 atom stereocenters. The van der Waals surface area contributed by atoms with E-state index in [4.69, 9.17) is 5.26 Å². The van der Waals surface area contributed by atoms with Gasteiger partial charge in [-0.2, -0.15) is 5.26 Å². The molecule has 0 radical (unpaired) electrons. The molecule has 0 spiro atoms. The van der Waals surface area contributed by atoms with E-state index in [1.165, 1.54) is 0 Å². The van der Waals surface area contributed by atoms with E-state index in [9.17, 15) is 13.2 Å². The van der Waals surface area contributed by atoms with Crippen LogP contribution in [-0.4, -0.2) is 33.0 Å². The fraction of sp³-hybridized carbons (Fsp3) is 0.714. The van der Waals surface area contributed by atoms with Gasteiger partial charge >= 0.3 is 5.97 Å². The molecule has 0 bridgehead atoms. The van der Waals surface area contributed by atoms with Gasteiger partial charge in [0.15, 0.2) is 15.3 Å². The summed E-state index contributed by atoms with van der Waals surface area (Å²) in [6.07, 6.45) is 1.06. The standard InChI is InChI=1S/C7H9NO4S/c1-12-6(9)7(4-8)3-5(7)13(2,10)11/h5H,3H2,1-2H3/t5-,7+/m1/s1. The Morgan fingerprint density at radius 3 is 2.46 bits per heavy atom. The number of ether oxygens (including phenoxy) is 1. The smallest absolute Gasteiger partial charge is 0.327 e. The van der Waals surface area contributed by atoms with Gasteiger partial charge in [0.1, 0.15) is 0 Å². The monoisotopic (exact) mass is 203 g/mol. The van der Waals surface area contributed by atoms with E-state index < -0.39 is 26.5 Å². The molecule has 0 N–H and O–H groups in total. The summed E-state index contributed by atoms with van der Waals surface area (Å²) in [5, 5.41) is 7.79. The van der Waals surface area contributed by atoms with Crippen LogP contribution in [0.15, 0.2) is 0 Å². The van der Waals surface area contributed by atoms with Crippen LogP contribution in [0.2, 0.25) is 0 Å². The van der Waals surface area contributed by atoms with Gasteiger partial charge in [-0.3, -0.25) is 4.79 Å². The Kier molecular flexibility index (Phi) is 2.08. The number of carbonyl (C=O) groups is 1. The molecule has 0 unspecified atom stereocenters. The number of esters is 1. The van der Waals surface area contributed by atoms with Crippen LogP contribution in [0.4, 0.5) is 0 Å². The highest BCUT2D eigenvalue weighted by molar-refractivity contribution is 7.91. The molecule has 0 saturated heterocycles. The van der Waals surface area contributed by atoms with Gasteiger partial charge in [0.05, 0.1) is 18.4 Å². The second-order valence-corrected chi connectivity index (χ2v) is 5.33. The van der Waals surface area contributed by atoms with Crippen LogP contribution in [0.3, 0.4) is 0 Å². The first-order valence-electron chi connectivity index (χ1n) is 3.57. The summed E-state index contributed by atoms with van der Waals surface area (Å²) in [5.41, 5.74) is -1.44. The van der Waals surface area contributed by atoms with Gasteiger partial charge in [-0.05, 0) is 6.42 Å². The van der Waals surface area contributed by atoms with E-state index in [0.717, 1.165) is 13.4 Å². The third-order valence-electron chi connectivity index (χ3n) is 2.16. The molecule has 1 rings (SSSR count). The molecule has 72 valence electrons. The predicted molar refractivity (Wildman–Crippen MR) is 43.3 cm³/mol. The van der Waals surface area contributed by atoms with Crippen molar-refractivity contribution < 1.29 is 17.9 Å². The summed E-state index contributed by atoms with van der Waals surface area (Å²) in [5.74, 6) is -0.759. The zero-order valence-electron chi connectivity index (χ0n) is 7.27. The fourth-order valence-corrected chi connectivity index (χ4v) is 2.76. The van der Waals surface area contributed by atoms with Gasteiger partial charge in [0, 0.05) is 6.26 Å². The fourth-order valence-electron chi connectivity index (χ4n) is 1.31. The van der Waals surface area contributed by atoms with Crippen LogP contribution in [0.1, 0.15) is 6.42 Å². The minimum absolute atomic E-state index is 0.0506. The number of sulfone groups is 1. The van der Waals surface area contributed by atoms with Crippen LogP contribution in [0, 0.1) is 16.7 Å². The minimum atomic E-state index is -3.33. The Labute approximate surface area is 76.2 Å². The largest absolute Gasteiger partial charge is 0.468 e. The lowest BCUT2D eigenvalue weighted by atomic mass is 10.1. The maximum atomic E-state index is 11.1. The van der Waals surface area contributed by atoms with Crippen LogP contribution in [0.25, 0.3) is 0 Å². The molecule has 0 amide bonds. The number of methoxy groups -OCH3 is 1. The number of nitriles is 1. The van der Waals surface area contributed by atoms with Crippen LogP contribution >= 0.6 is 0 Å². The lowest BCUT2D eigenvalue weighted by molar-refractivity contribution is -0.144. The SMILES string of the molecule is COC(=O)[C@]1(C#N)C[C@H]1S(C)(=O)=O. The molecule has 1 aliphatic carbocycles. The summed E-state index contributed by atoms with van der Waals surface area (Å²) >= 11 is 0. The number of hydrogen-bond donors (Lipinski definition) is 0. The maximum Gasteiger partial charge on any atom is 0.327 e. The molecular weight excluding hydrogens is 194 g/mol. The Morgan fingerprint density at radius 2 is 2.23 bits per heavy atom. The van der Waals surface area contributed by atoms with Crippen molar-refractivity contribution in [3.8, 4) is 6.07 Å². The second kappa shape index (κ2) is 2.70. The van der Waals surface area contributed by atoms with Crippen molar-refractivity contribution in [2.45, 2.75) is 11.7 Å². The average molecular weight is 203 g/mol. The van der Waals surface area contributed by atoms with Crippen LogP contribution in [0.5, 0.6) is 0 Å². The van der Waals surface area contributed by atoms with Crippen molar-refractivity contribution in [2.75, 3.05) is 13.4 Å². The predicted octanol–water partition coefficient (Wildman–Crippen LogP) is -0.514. The number of nitrogens with zero attached hydrogens (tertiary/aromatic N) is 1. The molecule has 0 aromatic carbocycles. The van der Waals surface area contributed by atoms with Crippen molar-refractivity contribution in [1.29, 1.82) is 5.26 Å². The van der Waals surface area contributed by atoms with Gasteiger partial charge in [0.2, 0.25) is 0 Å². The first-order chi connectivity index (χ1) is 5.88. The lowest BCUT2D eigenvalue weighted by Crippen LogP contribution is -2.23. The van der Waals surface area contributed by atoms with Crippen molar-refractivity contribution >= 4 is 15.8 Å². The van der Waals surface area contributed by atoms with Crippen molar-refractivity contribution in [2.24, 2.45) is 5.41 Å². The van der Waals surface area contributed by atoms with E-state index in [1.807, 2.05) is 0 Å². The third-order valence-corrected chi connectivity index (χ3v) is 3.77. The first kappa shape index (κ1) is 9.99. The molecule has 0 aliphatic heterocycles. The van der Waals surface area contributed by atoms with Crippen molar-refractivity contribution in [3.63, 3.8) is 0 Å². The van der Waals surface area contributed by atoms with Crippen molar-refractivity contribution in [3.05, 3.63) is 0 Å². The van der Waals surface area contributed by atoms with E-state index in [0.29, 0.717) is 0 Å². The summed E-state index contributed by atoms with van der Waals surface area (Å²) in [6, 6.07) is 1.71. The van der Waals surface area contributed by atoms with Gasteiger partial charge in [-0.1, -0.05) is 0 Å². The third kappa shape index (κ3) is 1.40. The topological polar surface area (TPSA) is 84.2 Å². The summed E-state index contributed by atoms with van der Waals surface area (Å²) in [4.78, 5) is 11.1. The molecule has 0 heterocycles. The van der Waals surface area contributed by atoms with E-state index in [-0.39, 0.29) is 6.42 Å². The lowest BCUT2D eigenvalue weighted by Gasteiger charge is -2.03. The molecule has 1 saturated carbocycles. The maximum absolute atomic E-state index is 11.1.